The molecule has 0 atom stereocenters. The lowest BCUT2D eigenvalue weighted by Crippen LogP contribution is -2.35. The Labute approximate surface area is 168 Å². The average Bonchev–Trinajstić information content (AvgIpc) is 3.49. The topological polar surface area (TPSA) is 91.4 Å². The molecule has 3 aromatic rings. The van der Waals surface area contributed by atoms with E-state index in [-0.39, 0.29) is 12.5 Å². The number of rotatable bonds is 7. The molecule has 8 heteroatoms. The Morgan fingerprint density at radius 2 is 2.00 bits per heavy atom. The summed E-state index contributed by atoms with van der Waals surface area (Å²) in [6.07, 6.45) is 6.32. The van der Waals surface area contributed by atoms with E-state index in [1.807, 2.05) is 29.0 Å². The van der Waals surface area contributed by atoms with Gasteiger partial charge in [0.15, 0.2) is 11.5 Å². The van der Waals surface area contributed by atoms with Gasteiger partial charge >= 0.3 is 0 Å². The van der Waals surface area contributed by atoms with Crippen molar-refractivity contribution in [3.8, 4) is 34.5 Å². The number of nitrogens with zero attached hydrogens (tertiary/aromatic N) is 3. The summed E-state index contributed by atoms with van der Waals surface area (Å²) >= 11 is 0. The number of ether oxygens (including phenoxy) is 2. The molecule has 152 valence electrons. The van der Waals surface area contributed by atoms with Crippen molar-refractivity contribution < 1.29 is 18.8 Å². The van der Waals surface area contributed by atoms with Crippen LogP contribution in [0, 0.1) is 0 Å². The van der Waals surface area contributed by atoms with Crippen LogP contribution in [0.4, 0.5) is 0 Å². The Balaban J connectivity index is 1.52. The van der Waals surface area contributed by atoms with E-state index in [9.17, 15) is 4.79 Å². The molecule has 1 aromatic carbocycles. The molecular formula is C21H24N4O4. The summed E-state index contributed by atoms with van der Waals surface area (Å²) in [7, 11) is 3.16. The highest BCUT2D eigenvalue weighted by Gasteiger charge is 2.19. The first-order valence-electron chi connectivity index (χ1n) is 9.69. The fourth-order valence-corrected chi connectivity index (χ4v) is 3.66. The maximum absolute atomic E-state index is 12.4. The molecule has 2 heterocycles. The summed E-state index contributed by atoms with van der Waals surface area (Å²) in [5, 5.41) is 7.18. The predicted molar refractivity (Wildman–Crippen MR) is 107 cm³/mol. The number of carbonyl (C=O) groups is 1. The molecule has 4 rings (SSSR count). The molecule has 0 bridgehead atoms. The standard InChI is InChI=1S/C21H24N4O4/c1-27-17-10-9-14(12-18(17)28-2)20-23-21(29-24-20)16-8-5-11-25(16)13-19(26)22-15-6-3-4-7-15/h5,8-12,15H,3-4,6-7,13H2,1-2H3,(H,22,26). The minimum atomic E-state index is -0.00557. The zero-order chi connectivity index (χ0) is 20.2. The van der Waals surface area contributed by atoms with Gasteiger partial charge in [-0.1, -0.05) is 18.0 Å². The van der Waals surface area contributed by atoms with Crippen molar-refractivity contribution in [1.29, 1.82) is 0 Å². The normalized spacial score (nSPS) is 14.1. The van der Waals surface area contributed by atoms with Crippen molar-refractivity contribution in [3.63, 3.8) is 0 Å². The van der Waals surface area contributed by atoms with Crippen molar-refractivity contribution in [2.75, 3.05) is 14.2 Å². The fraction of sp³-hybridized carbons (Fsp3) is 0.381. The van der Waals surface area contributed by atoms with Gasteiger partial charge < -0.3 is 23.9 Å². The Kier molecular flexibility index (Phi) is 5.50. The molecule has 0 radical (unpaired) electrons. The lowest BCUT2D eigenvalue weighted by Gasteiger charge is -2.13. The number of aromatic nitrogens is 3. The third-order valence-corrected chi connectivity index (χ3v) is 5.15. The monoisotopic (exact) mass is 396 g/mol. The first-order chi connectivity index (χ1) is 14.2. The lowest BCUT2D eigenvalue weighted by molar-refractivity contribution is -0.122. The highest BCUT2D eigenvalue weighted by atomic mass is 16.5. The van der Waals surface area contributed by atoms with Gasteiger partial charge in [-0.2, -0.15) is 4.98 Å². The largest absolute Gasteiger partial charge is 0.493 e. The summed E-state index contributed by atoms with van der Waals surface area (Å²) in [5.74, 6) is 2.00. The average molecular weight is 396 g/mol. The molecule has 0 unspecified atom stereocenters. The van der Waals surface area contributed by atoms with E-state index in [2.05, 4.69) is 15.5 Å². The predicted octanol–water partition coefficient (Wildman–Crippen LogP) is 3.28. The Morgan fingerprint density at radius 1 is 1.21 bits per heavy atom. The number of carbonyl (C=O) groups excluding carboxylic acids is 1. The van der Waals surface area contributed by atoms with Crippen molar-refractivity contribution in [2.45, 2.75) is 38.3 Å². The summed E-state index contributed by atoms with van der Waals surface area (Å²) in [5.41, 5.74) is 1.44. The molecule has 0 aliphatic heterocycles. The summed E-state index contributed by atoms with van der Waals surface area (Å²) in [6.45, 7) is 0.215. The van der Waals surface area contributed by atoms with Crippen LogP contribution in [0.1, 0.15) is 25.7 Å². The van der Waals surface area contributed by atoms with Crippen molar-refractivity contribution in [3.05, 3.63) is 36.5 Å². The van der Waals surface area contributed by atoms with Crippen LogP contribution in [0.5, 0.6) is 11.5 Å². The molecule has 0 spiro atoms. The van der Waals surface area contributed by atoms with Crippen LogP contribution in [-0.2, 0) is 11.3 Å². The zero-order valence-corrected chi connectivity index (χ0v) is 16.6. The number of nitrogens with one attached hydrogen (secondary N) is 1. The lowest BCUT2D eigenvalue weighted by atomic mass is 10.2. The Hall–Kier alpha value is -3.29. The molecular weight excluding hydrogens is 372 g/mol. The van der Waals surface area contributed by atoms with Crippen LogP contribution in [0.2, 0.25) is 0 Å². The van der Waals surface area contributed by atoms with Gasteiger partial charge in [0.25, 0.3) is 5.89 Å². The van der Waals surface area contributed by atoms with Gasteiger partial charge in [-0.3, -0.25) is 4.79 Å². The molecule has 1 fully saturated rings. The van der Waals surface area contributed by atoms with Gasteiger partial charge in [-0.15, -0.1) is 0 Å². The van der Waals surface area contributed by atoms with Crippen LogP contribution in [-0.4, -0.2) is 40.9 Å². The quantitative estimate of drug-likeness (QED) is 0.659. The van der Waals surface area contributed by atoms with Gasteiger partial charge in [-0.25, -0.2) is 0 Å². The van der Waals surface area contributed by atoms with Crippen molar-refractivity contribution in [1.82, 2.24) is 20.0 Å². The Morgan fingerprint density at radius 3 is 2.76 bits per heavy atom. The van der Waals surface area contributed by atoms with E-state index in [0.29, 0.717) is 34.9 Å². The first kappa shape index (κ1) is 19.0. The van der Waals surface area contributed by atoms with Crippen LogP contribution < -0.4 is 14.8 Å². The smallest absolute Gasteiger partial charge is 0.274 e. The molecule has 1 N–H and O–H groups in total. The maximum atomic E-state index is 12.4. The van der Waals surface area contributed by atoms with E-state index < -0.39 is 0 Å². The fourth-order valence-electron chi connectivity index (χ4n) is 3.66. The third-order valence-electron chi connectivity index (χ3n) is 5.15. The van der Waals surface area contributed by atoms with Crippen LogP contribution in [0.25, 0.3) is 23.0 Å². The third kappa shape index (κ3) is 4.11. The highest BCUT2D eigenvalue weighted by Crippen LogP contribution is 2.32. The molecule has 1 amide bonds. The van der Waals surface area contributed by atoms with Gasteiger partial charge in [-0.05, 0) is 43.2 Å². The molecule has 0 saturated heterocycles. The van der Waals surface area contributed by atoms with Crippen LogP contribution in [0.15, 0.2) is 41.1 Å². The minimum absolute atomic E-state index is 0.00557. The second-order valence-electron chi connectivity index (χ2n) is 7.06. The SMILES string of the molecule is COc1ccc(-c2noc(-c3cccn3CC(=O)NC3CCCC3)n2)cc1OC. The van der Waals surface area contributed by atoms with Crippen LogP contribution >= 0.6 is 0 Å². The van der Waals surface area contributed by atoms with E-state index in [0.717, 1.165) is 18.4 Å². The molecule has 1 aliphatic rings. The number of benzene rings is 1. The molecule has 8 nitrogen and oxygen atoms in total. The maximum Gasteiger partial charge on any atom is 0.274 e. The van der Waals surface area contributed by atoms with E-state index >= 15 is 0 Å². The second-order valence-corrected chi connectivity index (χ2v) is 7.06. The molecule has 1 aliphatic carbocycles. The van der Waals surface area contributed by atoms with Crippen LogP contribution in [0.3, 0.4) is 0 Å². The summed E-state index contributed by atoms with van der Waals surface area (Å²) < 4.78 is 17.9. The minimum Gasteiger partial charge on any atom is -0.493 e. The Bertz CT molecular complexity index is 988. The molecule has 2 aromatic heterocycles. The van der Waals surface area contributed by atoms with Crippen molar-refractivity contribution in [2.24, 2.45) is 0 Å². The summed E-state index contributed by atoms with van der Waals surface area (Å²) in [4.78, 5) is 16.9. The van der Waals surface area contributed by atoms with Gasteiger partial charge in [0.1, 0.15) is 12.2 Å². The molecule has 29 heavy (non-hydrogen) atoms. The van der Waals surface area contributed by atoms with Crippen molar-refractivity contribution >= 4 is 5.91 Å². The number of hydrogen-bond donors (Lipinski definition) is 1. The summed E-state index contributed by atoms with van der Waals surface area (Å²) in [6, 6.07) is 9.43. The zero-order valence-electron chi connectivity index (χ0n) is 16.6. The van der Waals surface area contributed by atoms with E-state index in [4.69, 9.17) is 14.0 Å². The van der Waals surface area contributed by atoms with E-state index in [1.54, 1.807) is 26.4 Å². The highest BCUT2D eigenvalue weighted by molar-refractivity contribution is 5.77. The van der Waals surface area contributed by atoms with Gasteiger partial charge in [0.05, 0.1) is 14.2 Å². The van der Waals surface area contributed by atoms with Gasteiger partial charge in [0.2, 0.25) is 11.7 Å². The van der Waals surface area contributed by atoms with Gasteiger partial charge in [0, 0.05) is 17.8 Å². The number of methoxy groups -OCH3 is 2. The number of amides is 1. The number of hydrogen-bond acceptors (Lipinski definition) is 6. The second kappa shape index (κ2) is 8.38. The molecule has 1 saturated carbocycles. The van der Waals surface area contributed by atoms with E-state index in [1.165, 1.54) is 12.8 Å². The first-order valence-corrected chi connectivity index (χ1v) is 9.69.